The van der Waals surface area contributed by atoms with Gasteiger partial charge in [-0.25, -0.2) is 9.97 Å². The molecule has 1 saturated heterocycles. The van der Waals surface area contributed by atoms with Gasteiger partial charge in [0, 0.05) is 45.9 Å². The van der Waals surface area contributed by atoms with Crippen molar-refractivity contribution < 1.29 is 4.74 Å². The SMILES string of the molecule is COCc1nc(Cl)cc(N2CCN(CC(C)C)CC2)n1. The van der Waals surface area contributed by atoms with Crippen molar-refractivity contribution in [3.8, 4) is 0 Å². The van der Waals surface area contributed by atoms with Crippen molar-refractivity contribution in [3.05, 3.63) is 17.0 Å². The maximum atomic E-state index is 6.06. The third kappa shape index (κ3) is 4.30. The maximum Gasteiger partial charge on any atom is 0.158 e. The summed E-state index contributed by atoms with van der Waals surface area (Å²) in [5.74, 6) is 2.25. The van der Waals surface area contributed by atoms with Gasteiger partial charge >= 0.3 is 0 Å². The fourth-order valence-electron chi connectivity index (χ4n) is 2.48. The van der Waals surface area contributed by atoms with Crippen LogP contribution in [0.4, 0.5) is 5.82 Å². The van der Waals surface area contributed by atoms with Crippen molar-refractivity contribution in [1.82, 2.24) is 14.9 Å². The highest BCUT2D eigenvalue weighted by molar-refractivity contribution is 6.29. The number of aromatic nitrogens is 2. The van der Waals surface area contributed by atoms with Crippen LogP contribution in [0.2, 0.25) is 5.15 Å². The number of methoxy groups -OCH3 is 1. The van der Waals surface area contributed by atoms with Gasteiger partial charge in [-0.15, -0.1) is 0 Å². The Labute approximate surface area is 125 Å². The second-order valence-corrected chi connectivity index (χ2v) is 5.97. The van der Waals surface area contributed by atoms with Crippen LogP contribution in [-0.2, 0) is 11.3 Å². The standard InChI is InChI=1S/C14H23ClN4O/c1-11(2)9-18-4-6-19(7-5-18)14-8-12(15)16-13(17-14)10-20-3/h8,11H,4-7,9-10H2,1-3H3. The molecule has 0 atom stereocenters. The highest BCUT2D eigenvalue weighted by Crippen LogP contribution is 2.18. The molecular weight excluding hydrogens is 276 g/mol. The van der Waals surface area contributed by atoms with E-state index in [1.165, 1.54) is 0 Å². The van der Waals surface area contributed by atoms with Crippen molar-refractivity contribution in [1.29, 1.82) is 0 Å². The fourth-order valence-corrected chi connectivity index (χ4v) is 2.68. The number of ether oxygens (including phenoxy) is 1. The number of nitrogens with zero attached hydrogens (tertiary/aromatic N) is 4. The molecular formula is C14H23ClN4O. The van der Waals surface area contributed by atoms with Gasteiger partial charge in [-0.1, -0.05) is 25.4 Å². The summed E-state index contributed by atoms with van der Waals surface area (Å²) in [5, 5.41) is 0.478. The lowest BCUT2D eigenvalue weighted by atomic mass is 10.2. The van der Waals surface area contributed by atoms with Crippen molar-refractivity contribution in [3.63, 3.8) is 0 Å². The van der Waals surface area contributed by atoms with Crippen LogP contribution in [0.25, 0.3) is 0 Å². The first kappa shape index (κ1) is 15.5. The molecule has 1 aromatic rings. The van der Waals surface area contributed by atoms with Crippen LogP contribution in [-0.4, -0.2) is 54.7 Å². The van der Waals surface area contributed by atoms with Gasteiger partial charge in [-0.3, -0.25) is 4.90 Å². The Morgan fingerprint density at radius 2 is 1.95 bits per heavy atom. The lowest BCUT2D eigenvalue weighted by Crippen LogP contribution is -2.47. The van der Waals surface area contributed by atoms with Crippen molar-refractivity contribution in [2.24, 2.45) is 5.92 Å². The number of anilines is 1. The molecule has 0 saturated carbocycles. The lowest BCUT2D eigenvalue weighted by Gasteiger charge is -2.36. The summed E-state index contributed by atoms with van der Waals surface area (Å²) in [6.45, 7) is 10.2. The Morgan fingerprint density at radius 1 is 1.25 bits per heavy atom. The molecule has 0 radical (unpaired) electrons. The number of rotatable bonds is 5. The molecule has 0 amide bonds. The molecule has 1 aliphatic heterocycles. The molecule has 5 nitrogen and oxygen atoms in total. The van der Waals surface area contributed by atoms with E-state index in [0.717, 1.165) is 38.5 Å². The fraction of sp³-hybridized carbons (Fsp3) is 0.714. The van der Waals surface area contributed by atoms with E-state index < -0.39 is 0 Å². The maximum absolute atomic E-state index is 6.06. The number of hydrogen-bond acceptors (Lipinski definition) is 5. The molecule has 2 rings (SSSR count). The topological polar surface area (TPSA) is 41.5 Å². The first-order valence-electron chi connectivity index (χ1n) is 7.08. The zero-order valence-electron chi connectivity index (χ0n) is 12.5. The van der Waals surface area contributed by atoms with E-state index in [9.17, 15) is 0 Å². The first-order chi connectivity index (χ1) is 9.58. The molecule has 2 heterocycles. The van der Waals surface area contributed by atoms with Crippen LogP contribution in [0.1, 0.15) is 19.7 Å². The first-order valence-corrected chi connectivity index (χ1v) is 7.46. The zero-order valence-corrected chi connectivity index (χ0v) is 13.2. The molecule has 1 fully saturated rings. The van der Waals surface area contributed by atoms with Gasteiger partial charge in [0.2, 0.25) is 0 Å². The Kier molecular flexibility index (Phi) is 5.57. The van der Waals surface area contributed by atoms with E-state index in [-0.39, 0.29) is 0 Å². The van der Waals surface area contributed by atoms with Gasteiger partial charge < -0.3 is 9.64 Å². The average molecular weight is 299 g/mol. The van der Waals surface area contributed by atoms with E-state index in [1.807, 2.05) is 6.07 Å². The summed E-state index contributed by atoms with van der Waals surface area (Å²) in [5.41, 5.74) is 0. The summed E-state index contributed by atoms with van der Waals surface area (Å²) in [6.07, 6.45) is 0. The number of halogens is 1. The number of hydrogen-bond donors (Lipinski definition) is 0. The van der Waals surface area contributed by atoms with Crippen LogP contribution in [0.5, 0.6) is 0 Å². The zero-order chi connectivity index (χ0) is 14.5. The van der Waals surface area contributed by atoms with Crippen LogP contribution >= 0.6 is 11.6 Å². The van der Waals surface area contributed by atoms with E-state index in [0.29, 0.717) is 23.5 Å². The highest BCUT2D eigenvalue weighted by Gasteiger charge is 2.19. The minimum Gasteiger partial charge on any atom is -0.377 e. The van der Waals surface area contributed by atoms with Gasteiger partial charge in [0.15, 0.2) is 5.82 Å². The Bertz CT molecular complexity index is 433. The molecule has 20 heavy (non-hydrogen) atoms. The van der Waals surface area contributed by atoms with Gasteiger partial charge in [0.1, 0.15) is 17.6 Å². The predicted molar refractivity (Wildman–Crippen MR) is 81.2 cm³/mol. The van der Waals surface area contributed by atoms with E-state index in [2.05, 4.69) is 33.6 Å². The van der Waals surface area contributed by atoms with Gasteiger partial charge in [0.25, 0.3) is 0 Å². The molecule has 0 bridgehead atoms. The second-order valence-electron chi connectivity index (χ2n) is 5.58. The quantitative estimate of drug-likeness (QED) is 0.778. The van der Waals surface area contributed by atoms with Gasteiger partial charge in [0.05, 0.1) is 0 Å². The van der Waals surface area contributed by atoms with Crippen molar-refractivity contribution in [2.75, 3.05) is 44.7 Å². The molecule has 1 aliphatic rings. The molecule has 0 aliphatic carbocycles. The van der Waals surface area contributed by atoms with E-state index in [1.54, 1.807) is 7.11 Å². The average Bonchev–Trinajstić information content (AvgIpc) is 2.38. The second kappa shape index (κ2) is 7.20. The Balaban J connectivity index is 1.99. The monoisotopic (exact) mass is 298 g/mol. The van der Waals surface area contributed by atoms with Crippen molar-refractivity contribution >= 4 is 17.4 Å². The summed E-state index contributed by atoms with van der Waals surface area (Å²) >= 11 is 6.06. The van der Waals surface area contributed by atoms with Crippen LogP contribution in [0.15, 0.2) is 6.07 Å². The normalized spacial score (nSPS) is 16.9. The summed E-state index contributed by atoms with van der Waals surface area (Å²) in [6, 6.07) is 1.83. The molecule has 0 N–H and O–H groups in total. The van der Waals surface area contributed by atoms with Crippen molar-refractivity contribution in [2.45, 2.75) is 20.5 Å². The third-order valence-corrected chi connectivity index (χ3v) is 3.51. The Hall–Kier alpha value is -0.910. The molecule has 0 unspecified atom stereocenters. The molecule has 112 valence electrons. The smallest absolute Gasteiger partial charge is 0.158 e. The highest BCUT2D eigenvalue weighted by atomic mass is 35.5. The summed E-state index contributed by atoms with van der Waals surface area (Å²) < 4.78 is 5.08. The lowest BCUT2D eigenvalue weighted by molar-refractivity contribution is 0.177. The van der Waals surface area contributed by atoms with Crippen LogP contribution in [0, 0.1) is 5.92 Å². The molecule has 1 aromatic heterocycles. The third-order valence-electron chi connectivity index (χ3n) is 3.32. The Morgan fingerprint density at radius 3 is 2.55 bits per heavy atom. The minimum atomic E-state index is 0.390. The summed E-state index contributed by atoms with van der Waals surface area (Å²) in [7, 11) is 1.63. The van der Waals surface area contributed by atoms with Gasteiger partial charge in [-0.2, -0.15) is 0 Å². The van der Waals surface area contributed by atoms with Crippen LogP contribution < -0.4 is 4.90 Å². The van der Waals surface area contributed by atoms with E-state index in [4.69, 9.17) is 16.3 Å². The summed E-state index contributed by atoms with van der Waals surface area (Å²) in [4.78, 5) is 13.5. The molecule has 0 aromatic carbocycles. The molecule has 0 spiro atoms. The molecule has 6 heteroatoms. The van der Waals surface area contributed by atoms with Crippen LogP contribution in [0.3, 0.4) is 0 Å². The largest absolute Gasteiger partial charge is 0.377 e. The minimum absolute atomic E-state index is 0.390. The van der Waals surface area contributed by atoms with Gasteiger partial charge in [-0.05, 0) is 5.92 Å². The predicted octanol–water partition coefficient (Wildman–Crippen LogP) is 2.05. The number of piperazine rings is 1. The van der Waals surface area contributed by atoms with E-state index >= 15 is 0 Å².